The summed E-state index contributed by atoms with van der Waals surface area (Å²) in [7, 11) is -4.93. The van der Waals surface area contributed by atoms with Gasteiger partial charge in [-0.2, -0.15) is 0 Å². The summed E-state index contributed by atoms with van der Waals surface area (Å²) in [5.74, 6) is -5.67. The number of aliphatic hydroxyl groups excluding tert-OH is 2. The van der Waals surface area contributed by atoms with Crippen LogP contribution in [0.3, 0.4) is 0 Å². The van der Waals surface area contributed by atoms with E-state index in [1.54, 1.807) is 47.6 Å². The minimum atomic E-state index is -4.93. The molecule has 0 amide bonds. The molecule has 8 rings (SSSR count). The first-order valence-electron chi connectivity index (χ1n) is 21.9. The Hall–Kier alpha value is -3.08. The highest BCUT2D eigenvalue weighted by molar-refractivity contribution is 7.46. The van der Waals surface area contributed by atoms with Crippen LogP contribution < -0.4 is 0 Å². The molecule has 0 heterocycles. The maximum absolute atomic E-state index is 17.0. The van der Waals surface area contributed by atoms with Crippen molar-refractivity contribution in [1.82, 2.24) is 0 Å². The van der Waals surface area contributed by atoms with Crippen LogP contribution in [0.4, 0.5) is 8.78 Å². The van der Waals surface area contributed by atoms with Gasteiger partial charge in [0.05, 0.1) is 12.2 Å². The van der Waals surface area contributed by atoms with E-state index in [0.717, 1.165) is 0 Å². The Balaban J connectivity index is 0.000000189. The number of alkyl halides is 2. The topological polar surface area (TPSA) is 242 Å². The van der Waals surface area contributed by atoms with E-state index in [1.807, 2.05) is 0 Å². The number of carbonyl (C=O) groups excluding carboxylic acids is 5. The van der Waals surface area contributed by atoms with E-state index in [2.05, 4.69) is 4.52 Å². The van der Waals surface area contributed by atoms with Crippen molar-refractivity contribution in [2.45, 2.75) is 135 Å². The van der Waals surface area contributed by atoms with Crippen LogP contribution in [-0.4, -0.2) is 107 Å². The Morgan fingerprint density at radius 3 is 1.46 bits per heavy atom. The lowest BCUT2D eigenvalue weighted by atomic mass is 9.44. The molecule has 6 N–H and O–H groups in total. The number of hydrogen-bond acceptors (Lipinski definition) is 12. The van der Waals surface area contributed by atoms with Crippen molar-refractivity contribution in [2.24, 2.45) is 57.2 Å². The molecule has 2 unspecified atom stereocenters. The average molecular weight is 907 g/mol. The smallest absolute Gasteiger partial charge is 0.458 e. The third kappa shape index (κ3) is 6.46. The molecule has 14 nitrogen and oxygen atoms in total. The van der Waals surface area contributed by atoms with Gasteiger partial charge >= 0.3 is 13.8 Å². The Bertz CT molecular complexity index is 2180. The molecule has 16 atom stereocenters. The van der Waals surface area contributed by atoms with Crippen LogP contribution >= 0.6 is 7.82 Å². The number of rotatable bonds is 7. The highest BCUT2D eigenvalue weighted by Crippen LogP contribution is 2.72. The van der Waals surface area contributed by atoms with E-state index < -0.39 is 125 Å². The molecule has 17 heteroatoms. The summed E-state index contributed by atoms with van der Waals surface area (Å²) < 4.78 is 54.3. The van der Waals surface area contributed by atoms with Crippen molar-refractivity contribution in [3.8, 4) is 0 Å². The van der Waals surface area contributed by atoms with Crippen molar-refractivity contribution in [3.05, 3.63) is 47.6 Å². The van der Waals surface area contributed by atoms with Crippen molar-refractivity contribution in [2.75, 3.05) is 13.2 Å². The number of fused-ring (bicyclic) bond motifs is 10. The van der Waals surface area contributed by atoms with Crippen LogP contribution in [0.25, 0.3) is 0 Å². The van der Waals surface area contributed by atoms with Gasteiger partial charge in [-0.3, -0.25) is 28.5 Å². The van der Waals surface area contributed by atoms with Crippen LogP contribution in [0.1, 0.15) is 99.8 Å². The van der Waals surface area contributed by atoms with Gasteiger partial charge in [0, 0.05) is 40.4 Å². The zero-order chi connectivity index (χ0) is 46.9. The van der Waals surface area contributed by atoms with Gasteiger partial charge in [-0.1, -0.05) is 51.0 Å². The third-order valence-corrected chi connectivity index (χ3v) is 18.5. The van der Waals surface area contributed by atoms with E-state index in [1.165, 1.54) is 37.3 Å². The molecule has 348 valence electrons. The van der Waals surface area contributed by atoms with E-state index >= 15 is 8.78 Å². The molecule has 0 saturated heterocycles. The number of halogens is 2. The first-order chi connectivity index (χ1) is 28.9. The summed E-state index contributed by atoms with van der Waals surface area (Å²) in [6.07, 6.45) is 7.98. The Morgan fingerprint density at radius 2 is 1.10 bits per heavy atom. The second-order valence-corrected chi connectivity index (χ2v) is 22.0. The van der Waals surface area contributed by atoms with E-state index in [-0.39, 0.29) is 30.3 Å². The Labute approximate surface area is 365 Å². The van der Waals surface area contributed by atoms with Crippen LogP contribution in [0.2, 0.25) is 0 Å². The summed E-state index contributed by atoms with van der Waals surface area (Å²) >= 11 is 0. The summed E-state index contributed by atoms with van der Waals surface area (Å²) in [5, 5.41) is 45.7. The number of Topliss-reactive ketones (excluding diaryl/α,β-unsaturated/α-hetero) is 2. The predicted molar refractivity (Wildman–Crippen MR) is 220 cm³/mol. The molecule has 0 aliphatic heterocycles. The lowest BCUT2D eigenvalue weighted by Crippen LogP contribution is -2.69. The number of hydrogen-bond donors (Lipinski definition) is 6. The highest BCUT2D eigenvalue weighted by atomic mass is 31.2. The average Bonchev–Trinajstić information content (AvgIpc) is 3.52. The summed E-state index contributed by atoms with van der Waals surface area (Å²) in [6.45, 7) is 9.89. The number of allylic oxidation sites excluding steroid dienone is 8. The molecular formula is C46H61F2O14P. The molecule has 0 radical (unpaired) electrons. The molecule has 0 aromatic heterocycles. The SMILES string of the molecule is CC(=O)OCC(=O)[C@@]1(O)[C@@H](C)C[C@H]2[C@@H]3CCC4=CC(=O)C=C[C@]4(C)[C@@]3(F)C(O)C[C@@]21C.C[C@H]1C[C@H]2[C@@H]3CCC4=CC(=O)C=C[C@]4(C)[C@@]3(F)C(O)C[C@]2(C)[C@@]1(O)C(=O)COP(=O)(O)O. The molecule has 6 fully saturated rings. The van der Waals surface area contributed by atoms with E-state index in [4.69, 9.17) is 14.5 Å². The maximum atomic E-state index is 17.0. The zero-order valence-electron chi connectivity index (χ0n) is 36.8. The number of ketones is 4. The third-order valence-electron chi connectivity index (χ3n) is 18.1. The maximum Gasteiger partial charge on any atom is 0.470 e. The van der Waals surface area contributed by atoms with Gasteiger partial charge in [0.2, 0.25) is 5.78 Å². The number of phosphoric acid groups is 1. The number of ether oxygens (including phenoxy) is 1. The van der Waals surface area contributed by atoms with Crippen LogP contribution in [0.15, 0.2) is 47.6 Å². The van der Waals surface area contributed by atoms with Crippen LogP contribution in [-0.2, 0) is 37.8 Å². The van der Waals surface area contributed by atoms with Gasteiger partial charge in [-0.15, -0.1) is 0 Å². The first kappa shape index (κ1) is 47.9. The molecule has 0 spiro atoms. The van der Waals surface area contributed by atoms with E-state index in [0.29, 0.717) is 49.7 Å². The molecule has 8 aliphatic carbocycles. The summed E-state index contributed by atoms with van der Waals surface area (Å²) in [5.41, 5.74) is -11.2. The van der Waals surface area contributed by atoms with Gasteiger partial charge in [0.15, 0.2) is 35.3 Å². The highest BCUT2D eigenvalue weighted by Gasteiger charge is 2.77. The first-order valence-corrected chi connectivity index (χ1v) is 23.4. The number of aliphatic hydroxyl groups is 4. The zero-order valence-corrected chi connectivity index (χ0v) is 37.7. The molecule has 0 bridgehead atoms. The van der Waals surface area contributed by atoms with Crippen molar-refractivity contribution in [3.63, 3.8) is 0 Å². The quantitative estimate of drug-likeness (QED) is 0.153. The van der Waals surface area contributed by atoms with Gasteiger partial charge in [-0.25, -0.2) is 13.3 Å². The molecule has 63 heavy (non-hydrogen) atoms. The minimum absolute atomic E-state index is 0.0953. The number of carbonyl (C=O) groups is 5. The number of esters is 1. The van der Waals surface area contributed by atoms with Crippen LogP contribution in [0, 0.1) is 57.2 Å². The van der Waals surface area contributed by atoms with E-state index in [9.17, 15) is 49.0 Å². The largest absolute Gasteiger partial charge is 0.470 e. The Kier molecular flexibility index (Phi) is 11.6. The standard InChI is InChI=1S/C24H31FO6.C22H30FO8P/c1-13-9-18-17-6-5-15-10-16(27)7-8-21(15,3)23(17,25)19(28)11-22(18,4)24(13,30)20(29)12-31-14(2)26;1-12-8-16-15-5-4-13-9-14(24)6-7-19(13,2)21(15,23)17(25)10-20(16,3)22(12,27)18(26)11-31-32(28,29)30/h7-8,10,13,17-19,28,30H,5-6,9,11-12H2,1-4H3;6-7,9,12,15-17,25,27H,4-5,8,10-11H2,1-3H3,(H2,28,29,30)/t13-,17-,18-,19?,21-,22-,23-,24-;12-,15-,16-,17?,19-,20-,21-,22-/m00/s1. The lowest BCUT2D eigenvalue weighted by Gasteiger charge is -2.62. The molecule has 8 aliphatic rings. The van der Waals surface area contributed by atoms with Crippen molar-refractivity contribution in [1.29, 1.82) is 0 Å². The monoisotopic (exact) mass is 906 g/mol. The Morgan fingerprint density at radius 1 is 0.714 bits per heavy atom. The lowest BCUT2D eigenvalue weighted by molar-refractivity contribution is -0.219. The summed E-state index contributed by atoms with van der Waals surface area (Å²) in [4.78, 5) is 79.0. The van der Waals surface area contributed by atoms with Crippen LogP contribution in [0.5, 0.6) is 0 Å². The van der Waals surface area contributed by atoms with Gasteiger partial charge < -0.3 is 34.9 Å². The fraction of sp³-hybridized carbons (Fsp3) is 0.717. The molecule has 0 aromatic rings. The minimum Gasteiger partial charge on any atom is -0.458 e. The molecular weight excluding hydrogens is 845 g/mol. The predicted octanol–water partition coefficient (Wildman–Crippen LogP) is 4.48. The van der Waals surface area contributed by atoms with Crippen molar-refractivity contribution >= 4 is 36.9 Å². The second kappa shape index (κ2) is 15.2. The van der Waals surface area contributed by atoms with Crippen molar-refractivity contribution < 1.29 is 76.8 Å². The molecule has 0 aromatic carbocycles. The molecule has 6 saturated carbocycles. The second-order valence-electron chi connectivity index (χ2n) is 20.7. The fourth-order valence-electron chi connectivity index (χ4n) is 14.8. The fourth-order valence-corrected chi connectivity index (χ4v) is 15.1. The van der Waals surface area contributed by atoms with Gasteiger partial charge in [0.25, 0.3) is 0 Å². The van der Waals surface area contributed by atoms with Gasteiger partial charge in [-0.05, 0) is 113 Å². The van der Waals surface area contributed by atoms with Gasteiger partial charge in [0.1, 0.15) is 17.8 Å². The normalized spacial score (nSPS) is 48.2. The summed E-state index contributed by atoms with van der Waals surface area (Å²) in [6, 6.07) is 0. The number of phosphoric ester groups is 1.